The maximum atomic E-state index is 10.4. The van der Waals surface area contributed by atoms with Gasteiger partial charge in [0.2, 0.25) is 0 Å². The first-order valence-electron chi connectivity index (χ1n) is 8.74. The normalized spacial score (nSPS) is 36.0. The summed E-state index contributed by atoms with van der Waals surface area (Å²) in [5, 5.41) is 23.5. The van der Waals surface area contributed by atoms with Gasteiger partial charge in [-0.05, 0) is 85.0 Å². The van der Waals surface area contributed by atoms with Gasteiger partial charge in [0, 0.05) is 0 Å². The second-order valence-corrected chi connectivity index (χ2v) is 8.14. The minimum Gasteiger partial charge on any atom is -0.691 e. The van der Waals surface area contributed by atoms with Crippen LogP contribution in [0.25, 0.3) is 0 Å². The zero-order valence-electron chi connectivity index (χ0n) is 14.8. The monoisotopic (exact) mass is 374 g/mol. The van der Waals surface area contributed by atoms with Crippen LogP contribution >= 0.6 is 12.3 Å². The molecular weight excluding hydrogens is 351 g/mol. The van der Waals surface area contributed by atoms with Gasteiger partial charge in [-0.1, -0.05) is 13.0 Å². The molecule has 3 aliphatic rings. The van der Waals surface area contributed by atoms with E-state index >= 15 is 0 Å². The van der Waals surface area contributed by atoms with Gasteiger partial charge >= 0.3 is 29.6 Å². The summed E-state index contributed by atoms with van der Waals surface area (Å²) in [6.45, 7) is 2.30. The molecule has 1 aromatic carbocycles. The Morgan fingerprint density at radius 1 is 1.24 bits per heavy atom. The molecule has 1 aromatic rings. The molecule has 0 amide bonds. The molecule has 7 heteroatoms. The molecule has 0 spiro atoms. The van der Waals surface area contributed by atoms with Crippen molar-refractivity contribution in [3.63, 3.8) is 0 Å². The van der Waals surface area contributed by atoms with E-state index < -0.39 is 0 Å². The molecular formula is C18H23NaO5S. The van der Waals surface area contributed by atoms with Crippen molar-refractivity contribution in [1.82, 2.24) is 0 Å². The smallest absolute Gasteiger partial charge is 0.691 e. The van der Waals surface area contributed by atoms with Gasteiger partial charge in [-0.2, -0.15) is 0 Å². The number of aliphatic hydroxyl groups is 1. The van der Waals surface area contributed by atoms with Crippen LogP contribution in [0.2, 0.25) is 0 Å². The van der Waals surface area contributed by atoms with Crippen LogP contribution in [0.1, 0.15) is 56.1 Å². The molecule has 2 saturated carbocycles. The van der Waals surface area contributed by atoms with E-state index in [2.05, 4.69) is 22.4 Å². The van der Waals surface area contributed by atoms with Crippen LogP contribution in [0.5, 0.6) is 5.75 Å². The maximum absolute atomic E-state index is 10.4. The fourth-order valence-electron chi connectivity index (χ4n) is 5.65. The molecule has 0 saturated heterocycles. The topological polar surface area (TPSA) is 71.0 Å². The van der Waals surface area contributed by atoms with Gasteiger partial charge in [-0.25, -0.2) is 0 Å². The Hall–Kier alpha value is 0.210. The Balaban J connectivity index is 0.00000182. The summed E-state index contributed by atoms with van der Waals surface area (Å²) < 4.78 is 9.44. The van der Waals surface area contributed by atoms with E-state index in [9.17, 15) is 10.4 Å². The van der Waals surface area contributed by atoms with Crippen LogP contribution in [-0.2, 0) is 15.8 Å². The van der Waals surface area contributed by atoms with Gasteiger partial charge in [0.25, 0.3) is 12.3 Å². The first kappa shape index (κ1) is 20.0. The number of hydrogen-bond donors (Lipinski definition) is 1. The number of fused-ring (bicyclic) bond motifs is 5. The maximum Gasteiger partial charge on any atom is 1.00 e. The first-order chi connectivity index (χ1) is 11.6. The molecule has 3 aliphatic carbocycles. The second kappa shape index (κ2) is 8.07. The SMILES string of the molecule is CC12CCC3c4ccc(OSOO[O-])cc4CCC3C1CC[C@@H]2O.[Na+]. The minimum absolute atomic E-state index is 0. The first-order valence-corrected chi connectivity index (χ1v) is 9.41. The van der Waals surface area contributed by atoms with Crippen molar-refractivity contribution in [1.29, 1.82) is 0 Å². The number of aryl methyl sites for hydroxylation is 1. The third kappa shape index (κ3) is 3.52. The van der Waals surface area contributed by atoms with Crippen molar-refractivity contribution in [2.75, 3.05) is 0 Å². The third-order valence-electron chi connectivity index (χ3n) is 6.83. The predicted molar refractivity (Wildman–Crippen MR) is 87.5 cm³/mol. The summed E-state index contributed by atoms with van der Waals surface area (Å²) >= 11 is 0.530. The average molecular weight is 374 g/mol. The van der Waals surface area contributed by atoms with Gasteiger partial charge in [-0.3, -0.25) is 5.04 Å². The summed E-state index contributed by atoms with van der Waals surface area (Å²) in [5.74, 6) is 2.60. The van der Waals surface area contributed by atoms with Gasteiger partial charge in [0.15, 0.2) is 0 Å². The van der Waals surface area contributed by atoms with Gasteiger partial charge in [0.1, 0.15) is 5.75 Å². The fraction of sp³-hybridized carbons (Fsp3) is 0.667. The van der Waals surface area contributed by atoms with Crippen molar-refractivity contribution in [2.45, 2.75) is 57.5 Å². The van der Waals surface area contributed by atoms with E-state index in [1.807, 2.05) is 12.1 Å². The van der Waals surface area contributed by atoms with Crippen molar-refractivity contribution in [2.24, 2.45) is 17.3 Å². The van der Waals surface area contributed by atoms with E-state index in [1.54, 1.807) is 0 Å². The summed E-state index contributed by atoms with van der Waals surface area (Å²) in [4.78, 5) is 0. The number of benzene rings is 1. The van der Waals surface area contributed by atoms with Crippen molar-refractivity contribution in [3.8, 4) is 5.75 Å². The summed E-state index contributed by atoms with van der Waals surface area (Å²) in [6, 6.07) is 6.14. The number of hydrogen-bond acceptors (Lipinski definition) is 6. The van der Waals surface area contributed by atoms with Crippen LogP contribution in [-0.4, -0.2) is 11.2 Å². The molecule has 5 nitrogen and oxygen atoms in total. The predicted octanol–water partition coefficient (Wildman–Crippen LogP) is 0.0731. The van der Waals surface area contributed by atoms with Crippen LogP contribution in [0.3, 0.4) is 0 Å². The molecule has 2 fully saturated rings. The van der Waals surface area contributed by atoms with Gasteiger partial charge in [-0.15, -0.1) is 4.33 Å². The second-order valence-electron chi connectivity index (χ2n) is 7.70. The standard InChI is InChI=1S/C18H24O5S.Na/c1-18-9-8-14-13-5-3-12(21-24-23-22-20)10-11(13)2-4-15(14)16(18)6-7-17(18)19;/h3,5,10,14-17,19-20H,2,4,6-9H2,1H3;/q;+1/p-1/t14?,15?,16?,17-,18?;/m0./s1. The molecule has 0 radical (unpaired) electrons. The Morgan fingerprint density at radius 2 is 2.08 bits per heavy atom. The van der Waals surface area contributed by atoms with Crippen LogP contribution in [0, 0.1) is 17.3 Å². The zero-order valence-corrected chi connectivity index (χ0v) is 17.6. The summed E-state index contributed by atoms with van der Waals surface area (Å²) in [5.41, 5.74) is 2.89. The van der Waals surface area contributed by atoms with E-state index in [1.165, 1.54) is 24.0 Å². The summed E-state index contributed by atoms with van der Waals surface area (Å²) in [7, 11) is 0. The molecule has 0 heterocycles. The Kier molecular flexibility index (Phi) is 6.44. The Morgan fingerprint density at radius 3 is 2.88 bits per heavy atom. The molecule has 4 unspecified atom stereocenters. The van der Waals surface area contributed by atoms with E-state index in [0.29, 0.717) is 35.8 Å². The number of aliphatic hydroxyl groups excluding tert-OH is 1. The quantitative estimate of drug-likeness (QED) is 0.265. The van der Waals surface area contributed by atoms with Gasteiger partial charge < -0.3 is 14.5 Å². The Labute approximate surface area is 175 Å². The minimum atomic E-state index is -0.124. The van der Waals surface area contributed by atoms with Crippen molar-refractivity contribution >= 4 is 12.3 Å². The summed E-state index contributed by atoms with van der Waals surface area (Å²) in [6.07, 6.45) is 6.50. The van der Waals surface area contributed by atoms with E-state index in [0.717, 1.165) is 25.7 Å². The van der Waals surface area contributed by atoms with Gasteiger partial charge in [0.05, 0.1) is 6.10 Å². The van der Waals surface area contributed by atoms with Crippen molar-refractivity contribution in [3.05, 3.63) is 29.3 Å². The Bertz CT molecular complexity index is 615. The van der Waals surface area contributed by atoms with E-state index in [4.69, 9.17) is 4.18 Å². The van der Waals surface area contributed by atoms with E-state index in [-0.39, 0.29) is 41.1 Å². The zero-order chi connectivity index (χ0) is 16.7. The molecule has 0 aliphatic heterocycles. The average Bonchev–Trinajstić information content (AvgIpc) is 2.90. The van der Waals surface area contributed by atoms with Crippen LogP contribution in [0.15, 0.2) is 18.2 Å². The molecule has 0 bridgehead atoms. The molecule has 0 aromatic heterocycles. The molecule has 4 rings (SSSR count). The molecule has 5 atom stereocenters. The largest absolute Gasteiger partial charge is 1.00 e. The molecule has 132 valence electrons. The molecule has 25 heavy (non-hydrogen) atoms. The molecule has 1 N–H and O–H groups in total. The van der Waals surface area contributed by atoms with Crippen molar-refractivity contribution < 1.29 is 53.5 Å². The van der Waals surface area contributed by atoms with Crippen LogP contribution in [0.4, 0.5) is 0 Å². The third-order valence-corrected chi connectivity index (χ3v) is 7.21. The number of rotatable bonds is 4. The fourth-order valence-corrected chi connectivity index (χ4v) is 5.88. The van der Waals surface area contributed by atoms with Crippen LogP contribution < -0.4 is 39.0 Å².